The van der Waals surface area contributed by atoms with Crippen LogP contribution in [0.5, 0.6) is 0 Å². The van der Waals surface area contributed by atoms with Crippen LogP contribution in [0.2, 0.25) is 0 Å². The minimum Gasteiger partial charge on any atom is -0.384 e. The summed E-state index contributed by atoms with van der Waals surface area (Å²) in [6, 6.07) is 19.1. The van der Waals surface area contributed by atoms with Gasteiger partial charge in [-0.25, -0.2) is 0 Å². The van der Waals surface area contributed by atoms with Crippen LogP contribution < -0.4 is 5.73 Å². The van der Waals surface area contributed by atoms with Crippen molar-refractivity contribution in [2.75, 3.05) is 0 Å². The van der Waals surface area contributed by atoms with Crippen LogP contribution in [0.4, 0.5) is 0 Å². The number of benzene rings is 3. The van der Waals surface area contributed by atoms with E-state index < -0.39 is 0 Å². The maximum Gasteiger partial charge on any atom is 0.122 e. The van der Waals surface area contributed by atoms with Gasteiger partial charge in [0.2, 0.25) is 0 Å². The van der Waals surface area contributed by atoms with Crippen LogP contribution >= 0.6 is 0 Å². The van der Waals surface area contributed by atoms with E-state index >= 15 is 0 Å². The first kappa shape index (κ1) is 31.8. The predicted molar refractivity (Wildman–Crippen MR) is 177 cm³/mol. The highest BCUT2D eigenvalue weighted by atomic mass is 14.7. The lowest BCUT2D eigenvalue weighted by Gasteiger charge is -2.25. The van der Waals surface area contributed by atoms with E-state index in [-0.39, 0.29) is 27.5 Å². The summed E-state index contributed by atoms with van der Waals surface area (Å²) in [5, 5.41) is 8.09. The van der Waals surface area contributed by atoms with E-state index in [1.807, 2.05) is 18.2 Å². The van der Waals surface area contributed by atoms with Crippen molar-refractivity contribution in [2.24, 2.45) is 5.73 Å². The molecule has 0 spiro atoms. The van der Waals surface area contributed by atoms with E-state index in [1.165, 1.54) is 22.3 Å². The molecular weight excluding hydrogens is 496 g/mol. The molecule has 3 rings (SSSR count). The Bertz CT molecular complexity index is 1410. The second-order valence-electron chi connectivity index (χ2n) is 15.3. The molecule has 3 aromatic carbocycles. The van der Waals surface area contributed by atoms with Crippen LogP contribution in [0.15, 0.2) is 54.6 Å². The van der Waals surface area contributed by atoms with E-state index in [1.54, 1.807) is 0 Å². The summed E-state index contributed by atoms with van der Waals surface area (Å²) in [6.45, 7) is 26.8. The third kappa shape index (κ3) is 8.62. The van der Waals surface area contributed by atoms with Crippen LogP contribution in [0, 0.1) is 29.1 Å². The Labute approximate surface area is 249 Å². The standard InChI is InChI=1S/C39H48N2/c1-36(2,3)31-20-28(21-32(24-31)37(4,5)6)15-13-26-17-27(19-30(18-26)35(40)41)14-16-29-22-33(38(7,8)9)25-34(23-29)39(10,11)12/h17-25H,1-12H3,(H3,40,41). The van der Waals surface area contributed by atoms with Crippen molar-refractivity contribution < 1.29 is 0 Å². The van der Waals surface area contributed by atoms with Gasteiger partial charge in [0.05, 0.1) is 0 Å². The average molecular weight is 545 g/mol. The summed E-state index contributed by atoms with van der Waals surface area (Å²) >= 11 is 0. The van der Waals surface area contributed by atoms with Gasteiger partial charge in [-0.05, 0) is 86.4 Å². The van der Waals surface area contributed by atoms with Crippen LogP contribution in [0.3, 0.4) is 0 Å². The van der Waals surface area contributed by atoms with Crippen molar-refractivity contribution in [3.05, 3.63) is 105 Å². The molecule has 0 aromatic heterocycles. The lowest BCUT2D eigenvalue weighted by molar-refractivity contribution is 0.567. The molecule has 3 aromatic rings. The second-order valence-corrected chi connectivity index (χ2v) is 15.3. The normalized spacial score (nSPS) is 12.2. The maximum absolute atomic E-state index is 8.09. The van der Waals surface area contributed by atoms with E-state index in [0.717, 1.165) is 22.3 Å². The Morgan fingerprint density at radius 2 is 0.683 bits per heavy atom. The highest BCUT2D eigenvalue weighted by Crippen LogP contribution is 2.31. The van der Waals surface area contributed by atoms with E-state index in [9.17, 15) is 0 Å². The quantitative estimate of drug-likeness (QED) is 0.179. The SMILES string of the molecule is CC(C)(C)c1cc(C#Cc2cc(C#Cc3cc(C(C)(C)C)cc(C(C)(C)C)c3)cc(C(=N)N)c2)cc(C(C)(C)C)c1. The van der Waals surface area contributed by atoms with Crippen molar-refractivity contribution in [3.63, 3.8) is 0 Å². The van der Waals surface area contributed by atoms with Crippen LogP contribution in [0.25, 0.3) is 0 Å². The van der Waals surface area contributed by atoms with Crippen molar-refractivity contribution in [1.29, 1.82) is 5.41 Å². The molecule has 2 nitrogen and oxygen atoms in total. The van der Waals surface area contributed by atoms with Crippen molar-refractivity contribution in [3.8, 4) is 23.7 Å². The summed E-state index contributed by atoms with van der Waals surface area (Å²) in [5.74, 6) is 13.5. The monoisotopic (exact) mass is 544 g/mol. The highest BCUT2D eigenvalue weighted by Gasteiger charge is 2.21. The molecule has 0 saturated heterocycles. The molecule has 2 heteroatoms. The first-order chi connectivity index (χ1) is 18.6. The molecule has 0 aliphatic heterocycles. The zero-order chi connectivity index (χ0) is 31.0. The lowest BCUT2D eigenvalue weighted by atomic mass is 9.79. The van der Waals surface area contributed by atoms with Gasteiger partial charge in [-0.1, -0.05) is 119 Å². The van der Waals surface area contributed by atoms with Gasteiger partial charge in [0.25, 0.3) is 0 Å². The molecule has 0 aliphatic rings. The summed E-state index contributed by atoms with van der Waals surface area (Å²) in [5.41, 5.74) is 15.3. The molecule has 214 valence electrons. The summed E-state index contributed by atoms with van der Waals surface area (Å²) < 4.78 is 0. The topological polar surface area (TPSA) is 49.9 Å². The van der Waals surface area contributed by atoms with Gasteiger partial charge in [0.1, 0.15) is 5.84 Å². The molecule has 0 amide bonds. The van der Waals surface area contributed by atoms with E-state index in [2.05, 4.69) is 143 Å². The molecule has 3 N–H and O–H groups in total. The Kier molecular flexibility index (Phi) is 8.73. The number of nitrogens with two attached hydrogens (primary N) is 1. The molecule has 0 fully saturated rings. The fourth-order valence-corrected chi connectivity index (χ4v) is 4.35. The average Bonchev–Trinajstić information content (AvgIpc) is 2.83. The van der Waals surface area contributed by atoms with Crippen molar-refractivity contribution in [2.45, 2.75) is 105 Å². The summed E-state index contributed by atoms with van der Waals surface area (Å²) in [6.07, 6.45) is 0. The number of hydrogen-bond donors (Lipinski definition) is 2. The largest absolute Gasteiger partial charge is 0.384 e. The molecule has 0 radical (unpaired) electrons. The number of nitrogens with one attached hydrogen (secondary N) is 1. The van der Waals surface area contributed by atoms with Crippen molar-refractivity contribution >= 4 is 5.84 Å². The van der Waals surface area contributed by atoms with Gasteiger partial charge >= 0.3 is 0 Å². The molecule has 0 heterocycles. The fraction of sp³-hybridized carbons (Fsp3) is 0.410. The molecule has 0 saturated carbocycles. The Morgan fingerprint density at radius 3 is 0.902 bits per heavy atom. The van der Waals surface area contributed by atoms with Crippen LogP contribution in [-0.2, 0) is 21.7 Å². The minimum absolute atomic E-state index is 0.00574. The predicted octanol–water partition coefficient (Wildman–Crippen LogP) is 8.96. The Hall–Kier alpha value is -3.75. The van der Waals surface area contributed by atoms with Gasteiger partial charge in [-0.15, -0.1) is 0 Å². The van der Waals surface area contributed by atoms with Gasteiger partial charge < -0.3 is 5.73 Å². The molecule has 41 heavy (non-hydrogen) atoms. The summed E-state index contributed by atoms with van der Waals surface area (Å²) in [7, 11) is 0. The first-order valence-corrected chi connectivity index (χ1v) is 14.5. The summed E-state index contributed by atoms with van der Waals surface area (Å²) in [4.78, 5) is 0. The minimum atomic E-state index is 0.00574. The molecule has 0 bridgehead atoms. The Morgan fingerprint density at radius 1 is 0.439 bits per heavy atom. The zero-order valence-electron chi connectivity index (χ0n) is 27.3. The third-order valence-electron chi connectivity index (χ3n) is 7.28. The van der Waals surface area contributed by atoms with E-state index in [0.29, 0.717) is 5.56 Å². The van der Waals surface area contributed by atoms with Crippen LogP contribution in [0.1, 0.15) is 133 Å². The maximum atomic E-state index is 8.09. The fourth-order valence-electron chi connectivity index (χ4n) is 4.35. The lowest BCUT2D eigenvalue weighted by Crippen LogP contribution is -2.16. The second kappa shape index (κ2) is 11.3. The molecule has 0 unspecified atom stereocenters. The van der Waals surface area contributed by atoms with Crippen LogP contribution in [-0.4, -0.2) is 5.84 Å². The number of nitrogen functional groups attached to an aromatic ring is 1. The number of rotatable bonds is 1. The van der Waals surface area contributed by atoms with Gasteiger partial charge in [-0.3, -0.25) is 5.41 Å². The molecule has 0 atom stereocenters. The number of hydrogen-bond acceptors (Lipinski definition) is 1. The molecule has 0 aliphatic carbocycles. The van der Waals surface area contributed by atoms with E-state index in [4.69, 9.17) is 11.1 Å². The third-order valence-corrected chi connectivity index (χ3v) is 7.28. The van der Waals surface area contributed by atoms with Gasteiger partial charge in [0.15, 0.2) is 0 Å². The smallest absolute Gasteiger partial charge is 0.122 e. The van der Waals surface area contributed by atoms with Gasteiger partial charge in [0, 0.05) is 27.8 Å². The first-order valence-electron chi connectivity index (χ1n) is 14.5. The number of amidine groups is 1. The van der Waals surface area contributed by atoms with Crippen molar-refractivity contribution in [1.82, 2.24) is 0 Å². The zero-order valence-corrected chi connectivity index (χ0v) is 27.3. The Balaban J connectivity index is 2.12. The highest BCUT2D eigenvalue weighted by molar-refractivity contribution is 5.95. The molecular formula is C39H48N2. The van der Waals surface area contributed by atoms with Gasteiger partial charge in [-0.2, -0.15) is 0 Å².